The molecule has 0 aromatic heterocycles. The third-order valence-electron chi connectivity index (χ3n) is 5.86. The van der Waals surface area contributed by atoms with Gasteiger partial charge in [0.05, 0.1) is 0 Å². The minimum atomic E-state index is 0.769. The van der Waals surface area contributed by atoms with Crippen molar-refractivity contribution in [3.8, 4) is 0 Å². The summed E-state index contributed by atoms with van der Waals surface area (Å²) in [6.07, 6.45) is 9.72. The van der Waals surface area contributed by atoms with Gasteiger partial charge in [0.2, 0.25) is 0 Å². The first kappa shape index (κ1) is 14.8. The summed E-state index contributed by atoms with van der Waals surface area (Å²) in [5.74, 6) is 0. The van der Waals surface area contributed by atoms with Gasteiger partial charge in [-0.1, -0.05) is 13.3 Å². The molecule has 0 spiro atoms. The summed E-state index contributed by atoms with van der Waals surface area (Å²) in [5.41, 5.74) is 0. The first-order chi connectivity index (χ1) is 9.79. The molecule has 0 aliphatic carbocycles. The van der Waals surface area contributed by atoms with E-state index in [2.05, 4.69) is 29.0 Å². The smallest absolute Gasteiger partial charge is 0.0266 e. The second-order valence-corrected chi connectivity index (χ2v) is 7.22. The lowest BCUT2D eigenvalue weighted by Crippen LogP contribution is -2.55. The molecule has 3 saturated heterocycles. The molecule has 3 nitrogen and oxygen atoms in total. The minimum Gasteiger partial charge on any atom is -0.314 e. The van der Waals surface area contributed by atoms with Crippen molar-refractivity contribution in [1.29, 1.82) is 0 Å². The molecule has 0 aromatic carbocycles. The normalized spacial score (nSPS) is 39.9. The lowest BCUT2D eigenvalue weighted by molar-refractivity contribution is 0.0541. The topological polar surface area (TPSA) is 18.5 Å². The Hall–Kier alpha value is -0.120. The molecule has 4 unspecified atom stereocenters. The van der Waals surface area contributed by atoms with Gasteiger partial charge in [0.15, 0.2) is 0 Å². The van der Waals surface area contributed by atoms with Crippen LogP contribution in [0, 0.1) is 0 Å². The predicted octanol–water partition coefficient (Wildman–Crippen LogP) is 2.47. The summed E-state index contributed by atoms with van der Waals surface area (Å²) in [4.78, 5) is 5.64. The molecule has 0 bridgehead atoms. The van der Waals surface area contributed by atoms with Crippen molar-refractivity contribution in [1.82, 2.24) is 15.1 Å². The molecule has 3 rings (SSSR count). The van der Waals surface area contributed by atoms with E-state index >= 15 is 0 Å². The van der Waals surface area contributed by atoms with Crippen LogP contribution in [0.2, 0.25) is 0 Å². The van der Waals surface area contributed by atoms with E-state index in [1.165, 1.54) is 71.1 Å². The Morgan fingerprint density at radius 2 is 1.90 bits per heavy atom. The fourth-order valence-electron chi connectivity index (χ4n) is 4.82. The second-order valence-electron chi connectivity index (χ2n) is 7.22. The van der Waals surface area contributed by atoms with Gasteiger partial charge >= 0.3 is 0 Å². The number of rotatable bonds is 4. The first-order valence-corrected chi connectivity index (χ1v) is 9.02. The average molecular weight is 279 g/mol. The van der Waals surface area contributed by atoms with E-state index in [0.717, 1.165) is 24.2 Å². The van der Waals surface area contributed by atoms with Crippen LogP contribution in [0.15, 0.2) is 0 Å². The third-order valence-corrected chi connectivity index (χ3v) is 5.86. The Bertz CT molecular complexity index is 307. The molecule has 20 heavy (non-hydrogen) atoms. The molecule has 3 aliphatic rings. The summed E-state index contributed by atoms with van der Waals surface area (Å²) < 4.78 is 0. The zero-order valence-electron chi connectivity index (χ0n) is 13.5. The van der Waals surface area contributed by atoms with Crippen LogP contribution in [0.5, 0.6) is 0 Å². The van der Waals surface area contributed by atoms with Crippen molar-refractivity contribution in [3.05, 3.63) is 0 Å². The van der Waals surface area contributed by atoms with Crippen LogP contribution in [0.3, 0.4) is 0 Å². The van der Waals surface area contributed by atoms with Crippen LogP contribution < -0.4 is 5.32 Å². The lowest BCUT2D eigenvalue weighted by atomic mass is 9.91. The fraction of sp³-hybridized carbons (Fsp3) is 1.00. The zero-order valence-corrected chi connectivity index (χ0v) is 13.5. The molecule has 3 fully saturated rings. The van der Waals surface area contributed by atoms with E-state index in [9.17, 15) is 0 Å². The molecule has 0 amide bonds. The molecule has 0 saturated carbocycles. The summed E-state index contributed by atoms with van der Waals surface area (Å²) >= 11 is 0. The van der Waals surface area contributed by atoms with Gasteiger partial charge in [0.25, 0.3) is 0 Å². The Labute approximate surface area is 125 Å². The highest BCUT2D eigenvalue weighted by atomic mass is 15.3. The largest absolute Gasteiger partial charge is 0.314 e. The van der Waals surface area contributed by atoms with E-state index < -0.39 is 0 Å². The summed E-state index contributed by atoms with van der Waals surface area (Å²) in [5, 5.41) is 3.73. The zero-order chi connectivity index (χ0) is 13.9. The van der Waals surface area contributed by atoms with E-state index in [1.54, 1.807) is 0 Å². The van der Waals surface area contributed by atoms with Gasteiger partial charge in [-0.2, -0.15) is 0 Å². The molecular formula is C17H33N3. The molecule has 0 radical (unpaired) electrons. The Morgan fingerprint density at radius 3 is 2.70 bits per heavy atom. The van der Waals surface area contributed by atoms with Crippen LogP contribution in [0.4, 0.5) is 0 Å². The number of piperidine rings is 2. The molecular weight excluding hydrogens is 246 g/mol. The first-order valence-electron chi connectivity index (χ1n) is 9.02. The van der Waals surface area contributed by atoms with E-state index in [4.69, 9.17) is 0 Å². The number of fused-ring (bicyclic) bond motifs is 1. The van der Waals surface area contributed by atoms with Crippen molar-refractivity contribution in [3.63, 3.8) is 0 Å². The minimum absolute atomic E-state index is 0.769. The summed E-state index contributed by atoms with van der Waals surface area (Å²) in [6, 6.07) is 3.28. The second kappa shape index (κ2) is 6.76. The van der Waals surface area contributed by atoms with E-state index in [0.29, 0.717) is 0 Å². The van der Waals surface area contributed by atoms with Crippen LogP contribution >= 0.6 is 0 Å². The predicted molar refractivity (Wildman–Crippen MR) is 85.1 cm³/mol. The number of hydrogen-bond acceptors (Lipinski definition) is 3. The number of likely N-dealkylation sites (tertiary alicyclic amines) is 1. The van der Waals surface area contributed by atoms with Gasteiger partial charge in [0.1, 0.15) is 0 Å². The van der Waals surface area contributed by atoms with Crippen LogP contribution in [0.1, 0.15) is 58.8 Å². The highest BCUT2D eigenvalue weighted by molar-refractivity contribution is 4.98. The maximum absolute atomic E-state index is 3.73. The highest BCUT2D eigenvalue weighted by Crippen LogP contribution is 2.33. The maximum Gasteiger partial charge on any atom is 0.0266 e. The number of nitrogens with zero attached hydrogens (tertiary/aromatic N) is 2. The van der Waals surface area contributed by atoms with E-state index in [1.807, 2.05) is 0 Å². The fourth-order valence-corrected chi connectivity index (χ4v) is 4.82. The Morgan fingerprint density at radius 1 is 1.00 bits per heavy atom. The molecule has 1 N–H and O–H groups in total. The molecule has 116 valence electrons. The van der Waals surface area contributed by atoms with Crippen LogP contribution in [-0.2, 0) is 0 Å². The molecule has 3 heteroatoms. The Balaban J connectivity index is 1.55. The lowest BCUT2D eigenvalue weighted by Gasteiger charge is -2.45. The monoisotopic (exact) mass is 279 g/mol. The highest BCUT2D eigenvalue weighted by Gasteiger charge is 2.41. The van der Waals surface area contributed by atoms with Gasteiger partial charge in [-0.05, 0) is 58.5 Å². The SMILES string of the molecule is CCCNC1CCN(C2CCN3CCCCC23)C(C)C1. The molecule has 4 atom stereocenters. The van der Waals surface area contributed by atoms with E-state index in [-0.39, 0.29) is 0 Å². The van der Waals surface area contributed by atoms with Crippen LogP contribution in [-0.4, -0.2) is 60.1 Å². The van der Waals surface area contributed by atoms with Gasteiger partial charge in [-0.3, -0.25) is 9.80 Å². The molecule has 3 aliphatic heterocycles. The van der Waals surface area contributed by atoms with Crippen molar-refractivity contribution in [2.75, 3.05) is 26.2 Å². The van der Waals surface area contributed by atoms with Crippen molar-refractivity contribution < 1.29 is 0 Å². The van der Waals surface area contributed by atoms with Gasteiger partial charge in [0, 0.05) is 37.3 Å². The third kappa shape index (κ3) is 3.05. The van der Waals surface area contributed by atoms with Gasteiger partial charge in [-0.25, -0.2) is 0 Å². The molecule has 0 aromatic rings. The maximum atomic E-state index is 3.73. The van der Waals surface area contributed by atoms with Crippen molar-refractivity contribution in [2.45, 2.75) is 83.0 Å². The number of nitrogens with one attached hydrogen (secondary N) is 1. The summed E-state index contributed by atoms with van der Waals surface area (Å²) in [6.45, 7) is 9.96. The molecule has 3 heterocycles. The quantitative estimate of drug-likeness (QED) is 0.853. The van der Waals surface area contributed by atoms with Gasteiger partial charge in [-0.15, -0.1) is 0 Å². The van der Waals surface area contributed by atoms with Gasteiger partial charge < -0.3 is 5.32 Å². The average Bonchev–Trinajstić information content (AvgIpc) is 2.89. The van der Waals surface area contributed by atoms with Crippen molar-refractivity contribution in [2.24, 2.45) is 0 Å². The Kier molecular flexibility index (Phi) is 5.00. The number of hydrogen-bond donors (Lipinski definition) is 1. The van der Waals surface area contributed by atoms with Crippen molar-refractivity contribution >= 4 is 0 Å². The standard InChI is InChI=1S/C17H33N3/c1-3-9-18-15-7-12-20(14(2)13-15)17-8-11-19-10-5-4-6-16(17)19/h14-18H,3-13H2,1-2H3. The summed E-state index contributed by atoms with van der Waals surface area (Å²) in [7, 11) is 0. The van der Waals surface area contributed by atoms with Crippen LogP contribution in [0.25, 0.3) is 0 Å².